The Balaban J connectivity index is 1.84. The van der Waals surface area contributed by atoms with Gasteiger partial charge in [0, 0.05) is 10.6 Å². The topological polar surface area (TPSA) is 127 Å². The number of aryl methyl sites for hydroxylation is 2. The zero-order valence-corrected chi connectivity index (χ0v) is 20.0. The van der Waals surface area contributed by atoms with Gasteiger partial charge in [-0.15, -0.1) is 11.3 Å². The number of carbonyl (C=O) groups is 3. The molecule has 172 valence electrons. The predicted octanol–water partition coefficient (Wildman–Crippen LogP) is 3.10. The number of anilines is 1. The third-order valence-corrected chi connectivity index (χ3v) is 7.15. The standard InChI is InChI=1S/C21H25N3O6S2/c1-5-29-19(26)14-10(3)22-21(28)24-17(14)31-11(4)16(25)23-18-15(20(27)30-6-2)12-8-7-9-13(12)32-18/h11H,5-9H2,1-4H3,(H,23,25)(H,22,24,28). The van der Waals surface area contributed by atoms with Crippen LogP contribution in [0, 0.1) is 6.92 Å². The van der Waals surface area contributed by atoms with Crippen LogP contribution >= 0.6 is 23.1 Å². The number of aromatic amines is 1. The van der Waals surface area contributed by atoms with Crippen molar-refractivity contribution in [1.29, 1.82) is 0 Å². The van der Waals surface area contributed by atoms with Gasteiger partial charge in [0.2, 0.25) is 5.91 Å². The first-order valence-corrected chi connectivity index (χ1v) is 12.0. The third-order valence-electron chi connectivity index (χ3n) is 4.86. The van der Waals surface area contributed by atoms with Crippen molar-refractivity contribution in [3.05, 3.63) is 37.7 Å². The van der Waals surface area contributed by atoms with Crippen molar-refractivity contribution in [3.8, 4) is 0 Å². The van der Waals surface area contributed by atoms with E-state index >= 15 is 0 Å². The van der Waals surface area contributed by atoms with E-state index in [4.69, 9.17) is 9.47 Å². The summed E-state index contributed by atoms with van der Waals surface area (Å²) in [5, 5.41) is 2.71. The molecular formula is C21H25N3O6S2. The number of nitrogens with zero attached hydrogens (tertiary/aromatic N) is 1. The molecule has 1 aliphatic carbocycles. The van der Waals surface area contributed by atoms with E-state index in [1.165, 1.54) is 11.3 Å². The Kier molecular flexibility index (Phi) is 7.73. The van der Waals surface area contributed by atoms with Crippen LogP contribution < -0.4 is 11.0 Å². The molecule has 11 heteroatoms. The summed E-state index contributed by atoms with van der Waals surface area (Å²) in [6, 6.07) is 0. The smallest absolute Gasteiger partial charge is 0.346 e. The molecule has 0 fully saturated rings. The fraction of sp³-hybridized carbons (Fsp3) is 0.476. The first-order chi connectivity index (χ1) is 15.3. The van der Waals surface area contributed by atoms with Gasteiger partial charge in [-0.25, -0.2) is 14.4 Å². The zero-order valence-electron chi connectivity index (χ0n) is 18.3. The molecule has 0 aromatic carbocycles. The van der Waals surface area contributed by atoms with Gasteiger partial charge in [0.1, 0.15) is 15.6 Å². The number of ether oxygens (including phenoxy) is 2. The summed E-state index contributed by atoms with van der Waals surface area (Å²) in [7, 11) is 0. The molecule has 2 N–H and O–H groups in total. The number of aromatic nitrogens is 2. The Morgan fingerprint density at radius 1 is 1.16 bits per heavy atom. The molecule has 3 rings (SSSR count). The van der Waals surface area contributed by atoms with Gasteiger partial charge >= 0.3 is 17.6 Å². The number of thioether (sulfide) groups is 1. The number of rotatable bonds is 8. The Morgan fingerprint density at radius 3 is 2.47 bits per heavy atom. The van der Waals surface area contributed by atoms with Crippen LogP contribution in [0.25, 0.3) is 0 Å². The van der Waals surface area contributed by atoms with E-state index in [1.807, 2.05) is 0 Å². The first-order valence-electron chi connectivity index (χ1n) is 10.3. The van der Waals surface area contributed by atoms with Gasteiger partial charge in [-0.05, 0) is 52.5 Å². The number of amides is 1. The number of hydrogen-bond donors (Lipinski definition) is 2. The van der Waals surface area contributed by atoms with Gasteiger partial charge in [-0.1, -0.05) is 11.8 Å². The van der Waals surface area contributed by atoms with Crippen molar-refractivity contribution in [3.63, 3.8) is 0 Å². The zero-order chi connectivity index (χ0) is 23.4. The van der Waals surface area contributed by atoms with Crippen molar-refractivity contribution < 1.29 is 23.9 Å². The summed E-state index contributed by atoms with van der Waals surface area (Å²) >= 11 is 2.37. The molecule has 9 nitrogen and oxygen atoms in total. The highest BCUT2D eigenvalue weighted by Gasteiger charge is 2.30. The van der Waals surface area contributed by atoms with Crippen LogP contribution in [0.15, 0.2) is 9.82 Å². The predicted molar refractivity (Wildman–Crippen MR) is 122 cm³/mol. The molecule has 0 saturated heterocycles. The highest BCUT2D eigenvalue weighted by molar-refractivity contribution is 8.00. The van der Waals surface area contributed by atoms with E-state index in [0.717, 1.165) is 41.5 Å². The molecule has 2 aromatic rings. The summed E-state index contributed by atoms with van der Waals surface area (Å²) in [4.78, 5) is 57.1. The Labute approximate surface area is 193 Å². The van der Waals surface area contributed by atoms with Crippen LogP contribution in [0.3, 0.4) is 0 Å². The molecule has 2 aromatic heterocycles. The first kappa shape index (κ1) is 24.0. The largest absolute Gasteiger partial charge is 0.462 e. The molecule has 0 bridgehead atoms. The molecule has 1 amide bonds. The average Bonchev–Trinajstić information content (AvgIpc) is 3.28. The van der Waals surface area contributed by atoms with Gasteiger partial charge in [0.25, 0.3) is 0 Å². The Morgan fingerprint density at radius 2 is 1.81 bits per heavy atom. The number of thiophene rings is 1. The van der Waals surface area contributed by atoms with Crippen molar-refractivity contribution in [1.82, 2.24) is 9.97 Å². The highest BCUT2D eigenvalue weighted by Crippen LogP contribution is 2.40. The van der Waals surface area contributed by atoms with E-state index in [1.54, 1.807) is 27.7 Å². The van der Waals surface area contributed by atoms with Crippen LogP contribution in [-0.4, -0.2) is 46.3 Å². The van der Waals surface area contributed by atoms with Gasteiger partial charge in [0.05, 0.1) is 24.0 Å². The maximum absolute atomic E-state index is 12.9. The van der Waals surface area contributed by atoms with E-state index in [-0.39, 0.29) is 29.7 Å². The highest BCUT2D eigenvalue weighted by atomic mass is 32.2. The maximum atomic E-state index is 12.9. The normalized spacial score (nSPS) is 13.4. The molecule has 1 unspecified atom stereocenters. The summed E-state index contributed by atoms with van der Waals surface area (Å²) in [5.41, 5.74) is 1.19. The van der Waals surface area contributed by atoms with Gasteiger partial charge in [-0.3, -0.25) is 4.79 Å². The van der Waals surface area contributed by atoms with Crippen LogP contribution in [0.1, 0.15) is 64.0 Å². The molecule has 0 saturated carbocycles. The average molecular weight is 480 g/mol. The number of fused-ring (bicyclic) bond motifs is 1. The SMILES string of the molecule is CCOC(=O)c1c(SC(C)C(=O)Nc2sc3c(c2C(=O)OCC)CCC3)nc(=O)[nH]c1C. The van der Waals surface area contributed by atoms with E-state index in [2.05, 4.69) is 15.3 Å². The number of hydrogen-bond acceptors (Lipinski definition) is 9. The summed E-state index contributed by atoms with van der Waals surface area (Å²) in [5.74, 6) is -1.45. The molecule has 2 heterocycles. The monoisotopic (exact) mass is 479 g/mol. The van der Waals surface area contributed by atoms with E-state index in [9.17, 15) is 19.2 Å². The van der Waals surface area contributed by atoms with Crippen molar-refractivity contribution in [2.24, 2.45) is 0 Å². The lowest BCUT2D eigenvalue weighted by molar-refractivity contribution is -0.115. The number of esters is 2. The van der Waals surface area contributed by atoms with Crippen LogP contribution in [-0.2, 0) is 27.1 Å². The second kappa shape index (κ2) is 10.3. The lowest BCUT2D eigenvalue weighted by Crippen LogP contribution is -2.25. The van der Waals surface area contributed by atoms with Crippen molar-refractivity contribution in [2.45, 2.75) is 57.2 Å². The molecule has 0 radical (unpaired) electrons. The lowest BCUT2D eigenvalue weighted by atomic mass is 10.1. The molecule has 0 spiro atoms. The van der Waals surface area contributed by atoms with Crippen molar-refractivity contribution >= 4 is 45.9 Å². The molecule has 1 atom stereocenters. The number of H-pyrrole nitrogens is 1. The van der Waals surface area contributed by atoms with Crippen LogP contribution in [0.2, 0.25) is 0 Å². The molecule has 1 aliphatic rings. The van der Waals surface area contributed by atoms with Gasteiger partial charge in [0.15, 0.2) is 0 Å². The summed E-state index contributed by atoms with van der Waals surface area (Å²) in [6.45, 7) is 7.03. The Hall–Kier alpha value is -2.66. The summed E-state index contributed by atoms with van der Waals surface area (Å²) in [6.07, 6.45) is 2.61. The quantitative estimate of drug-likeness (QED) is 0.336. The minimum Gasteiger partial charge on any atom is -0.462 e. The summed E-state index contributed by atoms with van der Waals surface area (Å²) < 4.78 is 10.3. The van der Waals surface area contributed by atoms with Crippen LogP contribution in [0.5, 0.6) is 0 Å². The fourth-order valence-corrected chi connectivity index (χ4v) is 5.71. The van der Waals surface area contributed by atoms with Crippen molar-refractivity contribution in [2.75, 3.05) is 18.5 Å². The molecular weight excluding hydrogens is 454 g/mol. The van der Waals surface area contributed by atoms with Gasteiger partial charge in [-0.2, -0.15) is 4.98 Å². The minimum atomic E-state index is -0.705. The second-order valence-corrected chi connectivity index (χ2v) is 9.53. The number of nitrogens with one attached hydrogen (secondary N) is 2. The van der Waals surface area contributed by atoms with E-state index in [0.29, 0.717) is 16.3 Å². The fourth-order valence-electron chi connectivity index (χ4n) is 3.43. The molecule has 0 aliphatic heterocycles. The molecule has 32 heavy (non-hydrogen) atoms. The second-order valence-electron chi connectivity index (χ2n) is 7.10. The lowest BCUT2D eigenvalue weighted by Gasteiger charge is -2.14. The maximum Gasteiger partial charge on any atom is 0.346 e. The third kappa shape index (κ3) is 5.04. The number of carbonyl (C=O) groups excluding carboxylic acids is 3. The minimum absolute atomic E-state index is 0.117. The van der Waals surface area contributed by atoms with Gasteiger partial charge < -0.3 is 19.8 Å². The van der Waals surface area contributed by atoms with Crippen LogP contribution in [0.4, 0.5) is 5.00 Å². The Bertz CT molecular complexity index is 1110. The van der Waals surface area contributed by atoms with E-state index < -0.39 is 22.9 Å².